The lowest BCUT2D eigenvalue weighted by molar-refractivity contribution is -0.694. The van der Waals surface area contributed by atoms with Crippen LogP contribution in [0.1, 0.15) is 12.0 Å². The number of nitrogens with zero attached hydrogens (tertiary/aromatic N) is 2. The Bertz CT molecular complexity index is 841. The summed E-state index contributed by atoms with van der Waals surface area (Å²) >= 11 is 0. The maximum atomic E-state index is 13.1. The number of benzene rings is 1. The lowest BCUT2D eigenvalue weighted by atomic mass is 10.1. The molecule has 2 rings (SSSR count). The van der Waals surface area contributed by atoms with Gasteiger partial charge in [-0.1, -0.05) is 6.07 Å². The van der Waals surface area contributed by atoms with E-state index in [1.165, 1.54) is 23.2 Å². The van der Waals surface area contributed by atoms with E-state index in [1.807, 2.05) is 0 Å². The van der Waals surface area contributed by atoms with Gasteiger partial charge in [0.25, 0.3) is 0 Å². The van der Waals surface area contributed by atoms with E-state index in [-0.39, 0.29) is 0 Å². The molecule has 2 aromatic rings. The molecular weight excluding hydrogens is 392 g/mol. The van der Waals surface area contributed by atoms with Gasteiger partial charge in [-0.2, -0.15) is 0 Å². The first kappa shape index (κ1) is 20.9. The summed E-state index contributed by atoms with van der Waals surface area (Å²) in [5.41, 5.74) is 0.631. The summed E-state index contributed by atoms with van der Waals surface area (Å²) < 4.78 is 51.5. The van der Waals surface area contributed by atoms with E-state index in [2.05, 4.69) is 0 Å². The fourth-order valence-electron chi connectivity index (χ4n) is 2.44. The van der Waals surface area contributed by atoms with Crippen molar-refractivity contribution < 1.29 is 42.1 Å². The Morgan fingerprint density at radius 3 is 2.31 bits per heavy atom. The van der Waals surface area contributed by atoms with Crippen LogP contribution in [0.15, 0.2) is 36.9 Å². The highest BCUT2D eigenvalue weighted by Gasteiger charge is 2.45. The smallest absolute Gasteiger partial charge is 0.324 e. The van der Waals surface area contributed by atoms with Crippen molar-refractivity contribution in [3.63, 3.8) is 0 Å². The van der Waals surface area contributed by atoms with Crippen LogP contribution in [0.5, 0.6) is 0 Å². The number of imidazole rings is 1. The van der Waals surface area contributed by atoms with Crippen LogP contribution in [-0.2, 0) is 28.6 Å². The standard InChI is InChI=1S/C14H18F2N2O6P2/c15-12-4-3-11(8-13(12)16)2-1-5-17-6-7-18(10-17)9-14(25(19,20)21)26(22,23)24/h3-4,6-8,10,14H,1-2,5,9H2,(H3-,19,20,21,22,23,24)/p+1. The van der Waals surface area contributed by atoms with Crippen LogP contribution < -0.4 is 4.57 Å². The first-order valence-corrected chi connectivity index (χ1v) is 10.9. The first-order chi connectivity index (χ1) is 12.0. The van der Waals surface area contributed by atoms with E-state index < -0.39 is 38.8 Å². The molecule has 0 aliphatic carbocycles. The number of aromatic nitrogens is 2. The fourth-order valence-corrected chi connectivity index (χ4v) is 4.81. The zero-order valence-corrected chi connectivity index (χ0v) is 15.3. The van der Waals surface area contributed by atoms with Gasteiger partial charge in [-0.25, -0.2) is 17.9 Å². The molecule has 0 bridgehead atoms. The molecule has 8 nitrogen and oxygen atoms in total. The molecule has 0 amide bonds. The molecule has 0 aliphatic rings. The predicted molar refractivity (Wildman–Crippen MR) is 87.2 cm³/mol. The summed E-state index contributed by atoms with van der Waals surface area (Å²) in [4.78, 5) is 36.5. The van der Waals surface area contributed by atoms with Gasteiger partial charge in [0.05, 0.1) is 6.54 Å². The SMILES string of the molecule is O=P(O)(O)C(C[n+]1ccn(CCCc2ccc(F)c(F)c2)c1)P(=O)(O)O. The summed E-state index contributed by atoms with van der Waals surface area (Å²) in [5, 5.41) is -2.11. The maximum absolute atomic E-state index is 13.1. The van der Waals surface area contributed by atoms with E-state index in [4.69, 9.17) is 19.6 Å². The lowest BCUT2D eigenvalue weighted by Crippen LogP contribution is -2.38. The average Bonchev–Trinajstić information content (AvgIpc) is 2.94. The highest BCUT2D eigenvalue weighted by Crippen LogP contribution is 2.59. The zero-order valence-electron chi connectivity index (χ0n) is 13.5. The lowest BCUT2D eigenvalue weighted by Gasteiger charge is -2.17. The van der Waals surface area contributed by atoms with Crippen LogP contribution in [-0.4, -0.2) is 29.5 Å². The van der Waals surface area contributed by atoms with Gasteiger partial charge in [-0.3, -0.25) is 9.13 Å². The Morgan fingerprint density at radius 2 is 1.73 bits per heavy atom. The number of halogens is 2. The van der Waals surface area contributed by atoms with Crippen LogP contribution in [0, 0.1) is 11.6 Å². The second kappa shape index (κ2) is 8.08. The van der Waals surface area contributed by atoms with Crippen LogP contribution in [0.2, 0.25) is 0 Å². The molecule has 0 unspecified atom stereocenters. The molecule has 1 aromatic carbocycles. The number of rotatable bonds is 8. The van der Waals surface area contributed by atoms with Gasteiger partial charge in [0, 0.05) is 0 Å². The summed E-state index contributed by atoms with van der Waals surface area (Å²) in [6.45, 7) is -0.0623. The van der Waals surface area contributed by atoms with Crippen molar-refractivity contribution in [3.8, 4) is 0 Å². The molecule has 0 saturated heterocycles. The van der Waals surface area contributed by atoms with E-state index in [1.54, 1.807) is 10.8 Å². The Hall–Kier alpha value is -1.41. The minimum atomic E-state index is -4.98. The third kappa shape index (κ3) is 5.81. The third-order valence-electron chi connectivity index (χ3n) is 3.76. The summed E-state index contributed by atoms with van der Waals surface area (Å²) in [6, 6.07) is 3.66. The predicted octanol–water partition coefficient (Wildman–Crippen LogP) is 1.37. The van der Waals surface area contributed by atoms with Gasteiger partial charge in [-0.05, 0) is 30.5 Å². The highest BCUT2D eigenvalue weighted by molar-refractivity contribution is 7.70. The molecule has 0 fully saturated rings. The molecule has 1 heterocycles. The quantitative estimate of drug-likeness (QED) is 0.384. The first-order valence-electron chi connectivity index (χ1n) is 7.56. The Morgan fingerprint density at radius 1 is 1.08 bits per heavy atom. The minimum absolute atomic E-state index is 0.475. The largest absolute Gasteiger partial charge is 0.344 e. The van der Waals surface area contributed by atoms with E-state index in [9.17, 15) is 17.9 Å². The average molecular weight is 411 g/mol. The van der Waals surface area contributed by atoms with Crippen molar-refractivity contribution in [2.75, 3.05) is 0 Å². The van der Waals surface area contributed by atoms with Gasteiger partial charge in [-0.15, -0.1) is 0 Å². The third-order valence-corrected chi connectivity index (χ3v) is 7.45. The van der Waals surface area contributed by atoms with E-state index in [0.717, 1.165) is 12.1 Å². The maximum Gasteiger partial charge on any atom is 0.344 e. The molecule has 0 atom stereocenters. The second-order valence-electron chi connectivity index (χ2n) is 5.86. The molecular formula is C14H19F2N2O6P2+. The molecule has 1 aromatic heterocycles. The molecule has 26 heavy (non-hydrogen) atoms. The van der Waals surface area contributed by atoms with Gasteiger partial charge in [0.2, 0.25) is 6.33 Å². The van der Waals surface area contributed by atoms with Crippen molar-refractivity contribution in [2.24, 2.45) is 0 Å². The van der Waals surface area contributed by atoms with Gasteiger partial charge >= 0.3 is 15.2 Å². The summed E-state index contributed by atoms with van der Waals surface area (Å²) in [5.74, 6) is -1.83. The van der Waals surface area contributed by atoms with Crippen molar-refractivity contribution >= 4 is 15.2 Å². The molecule has 0 saturated carbocycles. The van der Waals surface area contributed by atoms with E-state index >= 15 is 0 Å². The van der Waals surface area contributed by atoms with Gasteiger partial charge in [0.15, 0.2) is 17.0 Å². The normalized spacial score (nSPS) is 12.7. The zero-order chi connectivity index (χ0) is 19.5. The molecule has 12 heteroatoms. The summed E-state index contributed by atoms with van der Waals surface area (Å²) in [7, 11) is -9.97. The molecule has 0 aliphatic heterocycles. The minimum Gasteiger partial charge on any atom is -0.324 e. The van der Waals surface area contributed by atoms with Crippen LogP contribution in [0.3, 0.4) is 0 Å². The van der Waals surface area contributed by atoms with Crippen molar-refractivity contribution in [2.45, 2.75) is 31.3 Å². The molecule has 0 spiro atoms. The molecule has 0 radical (unpaired) electrons. The van der Waals surface area contributed by atoms with Crippen LogP contribution >= 0.6 is 15.2 Å². The Labute approximate surface area is 148 Å². The topological polar surface area (TPSA) is 124 Å². The highest BCUT2D eigenvalue weighted by atomic mass is 31.2. The Kier molecular flexibility index (Phi) is 6.50. The van der Waals surface area contributed by atoms with Crippen molar-refractivity contribution in [1.29, 1.82) is 0 Å². The number of hydrogen-bond acceptors (Lipinski definition) is 2. The Balaban J connectivity index is 1.95. The number of aryl methyl sites for hydroxylation is 2. The van der Waals surface area contributed by atoms with Crippen LogP contribution in [0.25, 0.3) is 0 Å². The second-order valence-corrected chi connectivity index (χ2v) is 9.87. The molecule has 4 N–H and O–H groups in total. The van der Waals surface area contributed by atoms with Crippen molar-refractivity contribution in [3.05, 3.63) is 54.1 Å². The van der Waals surface area contributed by atoms with Crippen LogP contribution in [0.4, 0.5) is 8.78 Å². The fraction of sp³-hybridized carbons (Fsp3) is 0.357. The van der Waals surface area contributed by atoms with Gasteiger partial charge < -0.3 is 19.6 Å². The van der Waals surface area contributed by atoms with Gasteiger partial charge in [0.1, 0.15) is 18.9 Å². The van der Waals surface area contributed by atoms with E-state index in [0.29, 0.717) is 24.9 Å². The number of hydrogen-bond donors (Lipinski definition) is 4. The summed E-state index contributed by atoms with van der Waals surface area (Å²) in [6.07, 6.45) is 5.56. The van der Waals surface area contributed by atoms with Crippen molar-refractivity contribution in [1.82, 2.24) is 4.57 Å². The monoisotopic (exact) mass is 411 g/mol. The molecule has 144 valence electrons.